The van der Waals surface area contributed by atoms with Crippen molar-refractivity contribution in [1.29, 1.82) is 0 Å². The molecule has 0 amide bonds. The summed E-state index contributed by atoms with van der Waals surface area (Å²) in [6.45, 7) is 4.32. The number of carbonyl (C=O) groups is 1. The summed E-state index contributed by atoms with van der Waals surface area (Å²) in [5, 5.41) is 14.4. The van der Waals surface area contributed by atoms with E-state index >= 15 is 0 Å². The molecule has 0 saturated heterocycles. The summed E-state index contributed by atoms with van der Waals surface area (Å²) >= 11 is 1.74. The lowest BCUT2D eigenvalue weighted by molar-refractivity contribution is 0.0695. The van der Waals surface area contributed by atoms with E-state index in [0.29, 0.717) is 24.1 Å². The Hall–Kier alpha value is -1.59. The number of carboxylic acid groups (broad SMARTS) is 1. The second-order valence-electron chi connectivity index (χ2n) is 4.55. The molecule has 0 aromatic carbocycles. The van der Waals surface area contributed by atoms with Crippen LogP contribution in [0.5, 0.6) is 0 Å². The summed E-state index contributed by atoms with van der Waals surface area (Å²) in [6, 6.07) is 6.06. The van der Waals surface area contributed by atoms with Gasteiger partial charge in [-0.15, -0.1) is 11.3 Å². The highest BCUT2D eigenvalue weighted by atomic mass is 32.1. The third-order valence-corrected chi connectivity index (χ3v) is 3.81. The smallest absolute Gasteiger partial charge is 0.339 e. The standard InChI is InChI=1S/C14H17NO3S/c1-9(6-12-4-3-5-19-12)15-8-11-7-13(14(16)17)10(2)18-11/h3-5,7,9,15H,6,8H2,1-2H3,(H,16,17). The van der Waals surface area contributed by atoms with Crippen LogP contribution in [-0.4, -0.2) is 17.1 Å². The largest absolute Gasteiger partial charge is 0.478 e. The highest BCUT2D eigenvalue weighted by Crippen LogP contribution is 2.15. The van der Waals surface area contributed by atoms with Gasteiger partial charge < -0.3 is 14.8 Å². The molecule has 2 rings (SSSR count). The Morgan fingerprint density at radius 2 is 2.37 bits per heavy atom. The first-order chi connectivity index (χ1) is 9.06. The Kier molecular flexibility index (Phi) is 4.39. The van der Waals surface area contributed by atoms with Gasteiger partial charge in [-0.3, -0.25) is 0 Å². The summed E-state index contributed by atoms with van der Waals surface area (Å²) in [6.07, 6.45) is 0.961. The minimum absolute atomic E-state index is 0.239. The highest BCUT2D eigenvalue weighted by molar-refractivity contribution is 7.09. The van der Waals surface area contributed by atoms with Crippen LogP contribution in [0.4, 0.5) is 0 Å². The van der Waals surface area contributed by atoms with E-state index in [4.69, 9.17) is 9.52 Å². The Bertz CT molecular complexity index is 545. The third kappa shape index (κ3) is 3.68. The molecule has 102 valence electrons. The van der Waals surface area contributed by atoms with Gasteiger partial charge in [-0.1, -0.05) is 6.07 Å². The molecule has 0 fully saturated rings. The molecular formula is C14H17NO3S. The van der Waals surface area contributed by atoms with Gasteiger partial charge in [0.15, 0.2) is 0 Å². The van der Waals surface area contributed by atoms with Crippen molar-refractivity contribution in [3.8, 4) is 0 Å². The lowest BCUT2D eigenvalue weighted by atomic mass is 10.2. The molecule has 0 bridgehead atoms. The topological polar surface area (TPSA) is 62.5 Å². The quantitative estimate of drug-likeness (QED) is 0.853. The van der Waals surface area contributed by atoms with Crippen LogP contribution in [0.15, 0.2) is 28.0 Å². The fourth-order valence-electron chi connectivity index (χ4n) is 1.92. The molecule has 0 radical (unpaired) electrons. The maximum absolute atomic E-state index is 10.9. The number of hydrogen-bond acceptors (Lipinski definition) is 4. The van der Waals surface area contributed by atoms with Gasteiger partial charge in [-0.2, -0.15) is 0 Å². The van der Waals surface area contributed by atoms with Crippen LogP contribution < -0.4 is 5.32 Å². The lowest BCUT2D eigenvalue weighted by Gasteiger charge is -2.11. The highest BCUT2D eigenvalue weighted by Gasteiger charge is 2.14. The van der Waals surface area contributed by atoms with Crippen LogP contribution in [0, 0.1) is 6.92 Å². The van der Waals surface area contributed by atoms with Crippen LogP contribution in [0.25, 0.3) is 0 Å². The van der Waals surface area contributed by atoms with Crippen LogP contribution in [-0.2, 0) is 13.0 Å². The number of aromatic carboxylic acids is 1. The van der Waals surface area contributed by atoms with Gasteiger partial charge in [0.25, 0.3) is 0 Å². The number of hydrogen-bond donors (Lipinski definition) is 2. The van der Waals surface area contributed by atoms with Gasteiger partial charge in [0.1, 0.15) is 17.1 Å². The molecule has 1 atom stereocenters. The lowest BCUT2D eigenvalue weighted by Crippen LogP contribution is -2.27. The average Bonchev–Trinajstić information content (AvgIpc) is 2.96. The molecule has 2 aromatic rings. The number of thiophene rings is 1. The molecule has 4 nitrogen and oxygen atoms in total. The van der Waals surface area contributed by atoms with E-state index in [9.17, 15) is 4.79 Å². The Balaban J connectivity index is 1.88. The van der Waals surface area contributed by atoms with Crippen LogP contribution in [0.2, 0.25) is 0 Å². The first-order valence-electron chi connectivity index (χ1n) is 6.14. The fourth-order valence-corrected chi connectivity index (χ4v) is 2.76. The van der Waals surface area contributed by atoms with E-state index in [1.165, 1.54) is 4.88 Å². The second kappa shape index (κ2) is 6.04. The first kappa shape index (κ1) is 13.8. The third-order valence-electron chi connectivity index (χ3n) is 2.91. The predicted molar refractivity (Wildman–Crippen MR) is 74.7 cm³/mol. The van der Waals surface area contributed by atoms with Crippen LogP contribution in [0.3, 0.4) is 0 Å². The monoisotopic (exact) mass is 279 g/mol. The maximum Gasteiger partial charge on any atom is 0.339 e. The maximum atomic E-state index is 10.9. The van der Waals surface area contributed by atoms with E-state index in [2.05, 4.69) is 23.7 Å². The van der Waals surface area contributed by atoms with Crippen molar-refractivity contribution < 1.29 is 14.3 Å². The zero-order chi connectivity index (χ0) is 13.8. The zero-order valence-electron chi connectivity index (χ0n) is 11.0. The van der Waals surface area contributed by atoms with E-state index < -0.39 is 5.97 Å². The average molecular weight is 279 g/mol. The summed E-state index contributed by atoms with van der Waals surface area (Å²) in [4.78, 5) is 12.2. The molecule has 0 aliphatic carbocycles. The zero-order valence-corrected chi connectivity index (χ0v) is 11.8. The summed E-state index contributed by atoms with van der Waals surface area (Å²) in [5.74, 6) is 0.169. The number of nitrogens with one attached hydrogen (secondary N) is 1. The normalized spacial score (nSPS) is 12.5. The van der Waals surface area contributed by atoms with Crippen LogP contribution >= 0.6 is 11.3 Å². The predicted octanol–water partition coefficient (Wildman–Crippen LogP) is 3.07. The molecule has 2 aromatic heterocycles. The van der Waals surface area contributed by atoms with Gasteiger partial charge in [-0.05, 0) is 37.8 Å². The van der Waals surface area contributed by atoms with Crippen molar-refractivity contribution in [2.24, 2.45) is 0 Å². The van der Waals surface area contributed by atoms with Crippen molar-refractivity contribution in [3.05, 3.63) is 45.5 Å². The molecule has 0 aliphatic rings. The van der Waals surface area contributed by atoms with Crippen molar-refractivity contribution >= 4 is 17.3 Å². The molecule has 1 unspecified atom stereocenters. The molecule has 19 heavy (non-hydrogen) atoms. The molecule has 2 N–H and O–H groups in total. The van der Waals surface area contributed by atoms with E-state index in [-0.39, 0.29) is 5.56 Å². The summed E-state index contributed by atoms with van der Waals surface area (Å²) in [5.41, 5.74) is 0.239. The number of carboxylic acids is 1. The molecule has 0 saturated carbocycles. The Morgan fingerprint density at radius 3 is 2.95 bits per heavy atom. The van der Waals surface area contributed by atoms with Crippen molar-refractivity contribution in [2.45, 2.75) is 32.9 Å². The van der Waals surface area contributed by atoms with Gasteiger partial charge in [0.05, 0.1) is 6.54 Å². The molecule has 5 heteroatoms. The molecule has 0 spiro atoms. The minimum atomic E-state index is -0.945. The minimum Gasteiger partial charge on any atom is -0.478 e. The van der Waals surface area contributed by atoms with Gasteiger partial charge in [-0.25, -0.2) is 4.79 Å². The SMILES string of the molecule is Cc1oc(CNC(C)Cc2cccs2)cc1C(=O)O. The van der Waals surface area contributed by atoms with Gasteiger partial charge >= 0.3 is 5.97 Å². The fraction of sp³-hybridized carbons (Fsp3) is 0.357. The molecular weight excluding hydrogens is 262 g/mol. The van der Waals surface area contributed by atoms with Gasteiger partial charge in [0.2, 0.25) is 0 Å². The van der Waals surface area contributed by atoms with Crippen molar-refractivity contribution in [1.82, 2.24) is 5.32 Å². The Labute approximate surface area is 116 Å². The summed E-state index contributed by atoms with van der Waals surface area (Å²) in [7, 11) is 0. The van der Waals surface area contributed by atoms with Crippen molar-refractivity contribution in [2.75, 3.05) is 0 Å². The van der Waals surface area contributed by atoms with Gasteiger partial charge in [0, 0.05) is 10.9 Å². The summed E-state index contributed by atoms with van der Waals surface area (Å²) < 4.78 is 5.42. The molecule has 2 heterocycles. The Morgan fingerprint density at radius 1 is 1.58 bits per heavy atom. The number of rotatable bonds is 6. The second-order valence-corrected chi connectivity index (χ2v) is 5.59. The first-order valence-corrected chi connectivity index (χ1v) is 7.02. The molecule has 0 aliphatic heterocycles. The number of aryl methyl sites for hydroxylation is 1. The van der Waals surface area contributed by atoms with Crippen molar-refractivity contribution in [3.63, 3.8) is 0 Å². The van der Waals surface area contributed by atoms with E-state index in [1.54, 1.807) is 24.3 Å². The number of furan rings is 1. The van der Waals surface area contributed by atoms with Crippen LogP contribution in [0.1, 0.15) is 33.7 Å². The van der Waals surface area contributed by atoms with E-state index in [0.717, 1.165) is 6.42 Å². The van der Waals surface area contributed by atoms with E-state index in [1.807, 2.05) is 6.07 Å².